The Hall–Kier alpha value is -2.28. The molecule has 0 saturated carbocycles. The number of nitrogens with zero attached hydrogens (tertiary/aromatic N) is 1. The standard InChI is InChI=1S/C19H21F3N2O2/c1-4-26-15-10-13(9-12-7-5-6-8-14(12)15)17(19(20,21)22)24-18(2,3)11-16(25)23-24/h5-10,17H,4,11H2,1-3H3,(H,23,25)/t17-/m0/s1. The first-order chi connectivity index (χ1) is 12.1. The minimum atomic E-state index is -4.57. The van der Waals surface area contributed by atoms with Gasteiger partial charge in [0.2, 0.25) is 5.91 Å². The van der Waals surface area contributed by atoms with Crippen LogP contribution in [0.15, 0.2) is 36.4 Å². The van der Waals surface area contributed by atoms with Crippen LogP contribution in [0.3, 0.4) is 0 Å². The number of rotatable bonds is 4. The summed E-state index contributed by atoms with van der Waals surface area (Å²) in [6, 6.07) is 8.12. The van der Waals surface area contributed by atoms with Crippen LogP contribution in [0.25, 0.3) is 10.8 Å². The first-order valence-corrected chi connectivity index (χ1v) is 8.44. The smallest absolute Gasteiger partial charge is 0.409 e. The molecule has 1 atom stereocenters. The third-order valence-corrected chi connectivity index (χ3v) is 4.52. The monoisotopic (exact) mass is 366 g/mol. The molecule has 26 heavy (non-hydrogen) atoms. The van der Waals surface area contributed by atoms with Crippen molar-refractivity contribution in [1.82, 2.24) is 10.4 Å². The summed E-state index contributed by atoms with van der Waals surface area (Å²) in [7, 11) is 0. The Morgan fingerprint density at radius 1 is 1.27 bits per heavy atom. The third-order valence-electron chi connectivity index (χ3n) is 4.52. The van der Waals surface area contributed by atoms with Crippen molar-refractivity contribution in [3.05, 3.63) is 42.0 Å². The van der Waals surface area contributed by atoms with E-state index in [0.29, 0.717) is 17.7 Å². The first-order valence-electron chi connectivity index (χ1n) is 8.44. The molecule has 0 unspecified atom stereocenters. The molecule has 0 radical (unpaired) electrons. The van der Waals surface area contributed by atoms with Gasteiger partial charge in [-0.3, -0.25) is 10.2 Å². The zero-order valence-electron chi connectivity index (χ0n) is 14.9. The van der Waals surface area contributed by atoms with Crippen molar-refractivity contribution >= 4 is 16.7 Å². The van der Waals surface area contributed by atoms with Crippen LogP contribution < -0.4 is 10.2 Å². The number of nitrogens with one attached hydrogen (secondary N) is 1. The first kappa shape index (κ1) is 18.5. The van der Waals surface area contributed by atoms with Gasteiger partial charge in [0, 0.05) is 17.3 Å². The predicted molar refractivity (Wildman–Crippen MR) is 92.6 cm³/mol. The van der Waals surface area contributed by atoms with E-state index in [1.165, 1.54) is 12.1 Å². The minimum absolute atomic E-state index is 0.00543. The second kappa shape index (κ2) is 6.46. The Kier molecular flexibility index (Phi) is 4.60. The Bertz CT molecular complexity index is 833. The van der Waals surface area contributed by atoms with E-state index in [9.17, 15) is 18.0 Å². The van der Waals surface area contributed by atoms with Crippen molar-refractivity contribution in [2.45, 2.75) is 44.9 Å². The van der Waals surface area contributed by atoms with Crippen LogP contribution in [0, 0.1) is 0 Å². The summed E-state index contributed by atoms with van der Waals surface area (Å²) < 4.78 is 47.6. The minimum Gasteiger partial charge on any atom is -0.493 e. The fraction of sp³-hybridized carbons (Fsp3) is 0.421. The highest BCUT2D eigenvalue weighted by Crippen LogP contribution is 2.44. The predicted octanol–water partition coefficient (Wildman–Crippen LogP) is 4.36. The van der Waals surface area contributed by atoms with Crippen molar-refractivity contribution in [2.24, 2.45) is 0 Å². The molecule has 0 spiro atoms. The highest BCUT2D eigenvalue weighted by molar-refractivity contribution is 5.89. The largest absolute Gasteiger partial charge is 0.493 e. The number of hydrazine groups is 1. The SMILES string of the molecule is CCOc1cc([C@H](N2NC(=O)CC2(C)C)C(F)(F)F)cc2ccccc12. The van der Waals surface area contributed by atoms with Gasteiger partial charge < -0.3 is 4.74 Å². The zero-order valence-corrected chi connectivity index (χ0v) is 14.9. The number of halogens is 3. The van der Waals surface area contributed by atoms with Crippen LogP contribution in [0.2, 0.25) is 0 Å². The number of hydrogen-bond acceptors (Lipinski definition) is 3. The zero-order chi connectivity index (χ0) is 19.1. The number of hydrogen-bond donors (Lipinski definition) is 1. The number of ether oxygens (including phenoxy) is 1. The summed E-state index contributed by atoms with van der Waals surface area (Å²) in [4.78, 5) is 11.8. The van der Waals surface area contributed by atoms with Gasteiger partial charge in [-0.25, -0.2) is 0 Å². The quantitative estimate of drug-likeness (QED) is 0.874. The van der Waals surface area contributed by atoms with Crippen LogP contribution in [0.5, 0.6) is 5.75 Å². The lowest BCUT2D eigenvalue weighted by molar-refractivity contribution is -0.203. The van der Waals surface area contributed by atoms with E-state index in [1.807, 2.05) is 12.1 Å². The average Bonchev–Trinajstić information content (AvgIpc) is 2.79. The molecule has 1 aliphatic heterocycles. The highest BCUT2D eigenvalue weighted by atomic mass is 19.4. The van der Waals surface area contributed by atoms with Crippen LogP contribution in [0.1, 0.15) is 38.8 Å². The van der Waals surface area contributed by atoms with Crippen molar-refractivity contribution in [3.8, 4) is 5.75 Å². The van der Waals surface area contributed by atoms with E-state index in [0.717, 1.165) is 10.4 Å². The Labute approximate surface area is 149 Å². The second-order valence-corrected chi connectivity index (χ2v) is 7.01. The normalized spacial score (nSPS) is 18.8. The molecule has 1 heterocycles. The fourth-order valence-electron chi connectivity index (χ4n) is 3.43. The van der Waals surface area contributed by atoms with Gasteiger partial charge in [0.25, 0.3) is 0 Å². The molecule has 4 nitrogen and oxygen atoms in total. The fourth-order valence-corrected chi connectivity index (χ4v) is 3.43. The van der Waals surface area contributed by atoms with Crippen LogP contribution in [0.4, 0.5) is 13.2 Å². The summed E-state index contributed by atoms with van der Waals surface area (Å²) in [6.07, 6.45) is -4.56. The molecule has 140 valence electrons. The van der Waals surface area contributed by atoms with E-state index in [2.05, 4.69) is 5.43 Å². The van der Waals surface area contributed by atoms with Crippen LogP contribution in [-0.2, 0) is 4.79 Å². The maximum atomic E-state index is 14.0. The Balaban J connectivity index is 2.17. The van der Waals surface area contributed by atoms with Gasteiger partial charge in [-0.1, -0.05) is 24.3 Å². The molecule has 3 rings (SSSR count). The Morgan fingerprint density at radius 2 is 1.96 bits per heavy atom. The van der Waals surface area contributed by atoms with E-state index in [-0.39, 0.29) is 12.0 Å². The molecular formula is C19H21F3N2O2. The van der Waals surface area contributed by atoms with Gasteiger partial charge in [0.15, 0.2) is 6.04 Å². The summed E-state index contributed by atoms with van der Waals surface area (Å²) in [5.74, 6) is -0.0201. The van der Waals surface area contributed by atoms with Crippen molar-refractivity contribution in [2.75, 3.05) is 6.61 Å². The van der Waals surface area contributed by atoms with E-state index in [4.69, 9.17) is 4.74 Å². The average molecular weight is 366 g/mol. The molecule has 1 saturated heterocycles. The lowest BCUT2D eigenvalue weighted by Gasteiger charge is -2.38. The molecule has 1 fully saturated rings. The van der Waals surface area contributed by atoms with Crippen LogP contribution >= 0.6 is 0 Å². The molecule has 7 heteroatoms. The number of alkyl halides is 3. The molecule has 0 aliphatic carbocycles. The Morgan fingerprint density at radius 3 is 2.54 bits per heavy atom. The number of benzene rings is 2. The number of carbonyl (C=O) groups excluding carboxylic acids is 1. The lowest BCUT2D eigenvalue weighted by atomic mass is 9.95. The maximum absolute atomic E-state index is 14.0. The number of fused-ring (bicyclic) bond motifs is 1. The summed E-state index contributed by atoms with van der Waals surface area (Å²) in [6.45, 7) is 5.37. The van der Waals surface area contributed by atoms with E-state index < -0.39 is 23.7 Å². The van der Waals surface area contributed by atoms with Gasteiger partial charge in [-0.05, 0) is 43.9 Å². The topological polar surface area (TPSA) is 41.6 Å². The second-order valence-electron chi connectivity index (χ2n) is 7.01. The van der Waals surface area contributed by atoms with Crippen molar-refractivity contribution in [1.29, 1.82) is 0 Å². The molecule has 1 N–H and O–H groups in total. The van der Waals surface area contributed by atoms with Gasteiger partial charge >= 0.3 is 6.18 Å². The third kappa shape index (κ3) is 3.35. The molecule has 1 amide bonds. The van der Waals surface area contributed by atoms with Gasteiger partial charge in [-0.2, -0.15) is 18.2 Å². The van der Waals surface area contributed by atoms with Gasteiger partial charge in [0.05, 0.1) is 6.61 Å². The molecule has 2 aromatic rings. The number of carbonyl (C=O) groups is 1. The molecular weight excluding hydrogens is 345 g/mol. The molecule has 2 aromatic carbocycles. The molecule has 1 aliphatic rings. The van der Waals surface area contributed by atoms with Crippen LogP contribution in [-0.4, -0.2) is 29.2 Å². The maximum Gasteiger partial charge on any atom is 0.409 e. The summed E-state index contributed by atoms with van der Waals surface area (Å²) in [5, 5.41) is 2.42. The van der Waals surface area contributed by atoms with E-state index in [1.54, 1.807) is 32.9 Å². The van der Waals surface area contributed by atoms with E-state index >= 15 is 0 Å². The van der Waals surface area contributed by atoms with Crippen molar-refractivity contribution in [3.63, 3.8) is 0 Å². The molecule has 0 bridgehead atoms. The van der Waals surface area contributed by atoms with Crippen molar-refractivity contribution < 1.29 is 22.7 Å². The number of amides is 1. The summed E-state index contributed by atoms with van der Waals surface area (Å²) in [5.41, 5.74) is 1.46. The summed E-state index contributed by atoms with van der Waals surface area (Å²) >= 11 is 0. The highest BCUT2D eigenvalue weighted by Gasteiger charge is 2.53. The lowest BCUT2D eigenvalue weighted by Crippen LogP contribution is -2.51. The van der Waals surface area contributed by atoms with Gasteiger partial charge in [-0.15, -0.1) is 0 Å². The van der Waals surface area contributed by atoms with Gasteiger partial charge in [0.1, 0.15) is 5.75 Å². The molecule has 0 aromatic heterocycles.